The van der Waals surface area contributed by atoms with E-state index in [0.717, 1.165) is 5.56 Å². The van der Waals surface area contributed by atoms with Crippen LogP contribution in [0.4, 0.5) is 11.4 Å². The number of anilines is 2. The molecule has 0 fully saturated rings. The molecule has 0 radical (unpaired) electrons. The molecule has 2 aromatic rings. The Balaban J connectivity index is 2.12. The van der Waals surface area contributed by atoms with E-state index in [4.69, 9.17) is 5.73 Å². The van der Waals surface area contributed by atoms with Gasteiger partial charge in [-0.1, -0.05) is 18.2 Å². The zero-order chi connectivity index (χ0) is 15.2. The van der Waals surface area contributed by atoms with Gasteiger partial charge in [0.25, 0.3) is 10.0 Å². The smallest absolute Gasteiger partial charge is 0.264 e. The van der Waals surface area contributed by atoms with Gasteiger partial charge in [0, 0.05) is 6.04 Å². The van der Waals surface area contributed by atoms with Crippen molar-refractivity contribution in [3.63, 3.8) is 0 Å². The van der Waals surface area contributed by atoms with Crippen molar-refractivity contribution in [1.29, 1.82) is 0 Å². The van der Waals surface area contributed by atoms with E-state index in [2.05, 4.69) is 0 Å². The normalized spacial score (nSPS) is 17.8. The summed E-state index contributed by atoms with van der Waals surface area (Å²) in [7, 11) is -3.70. The van der Waals surface area contributed by atoms with Crippen molar-refractivity contribution in [1.82, 2.24) is 0 Å². The third-order valence-corrected chi connectivity index (χ3v) is 5.62. The Hall–Kier alpha value is -2.21. The lowest BCUT2D eigenvalue weighted by atomic mass is 10.1. The number of aromatic hydroxyl groups is 1. The van der Waals surface area contributed by atoms with Crippen LogP contribution < -0.4 is 10.0 Å². The summed E-state index contributed by atoms with van der Waals surface area (Å²) in [6.07, 6.45) is 0.684. The van der Waals surface area contributed by atoms with Crippen molar-refractivity contribution in [2.75, 3.05) is 10.0 Å². The molecule has 3 N–H and O–H groups in total. The number of hydrogen-bond donors (Lipinski definition) is 2. The molecule has 21 heavy (non-hydrogen) atoms. The summed E-state index contributed by atoms with van der Waals surface area (Å²) < 4.78 is 27.1. The summed E-state index contributed by atoms with van der Waals surface area (Å²) >= 11 is 0. The SMILES string of the molecule is CC1Cc2ccccc2N1S(=O)(=O)c1ccc(O)c(N)c1. The van der Waals surface area contributed by atoms with Crippen LogP contribution in [0.1, 0.15) is 12.5 Å². The highest BCUT2D eigenvalue weighted by Gasteiger charge is 2.35. The summed E-state index contributed by atoms with van der Waals surface area (Å²) in [5.41, 5.74) is 7.38. The Morgan fingerprint density at radius 1 is 1.24 bits per heavy atom. The van der Waals surface area contributed by atoms with E-state index in [0.29, 0.717) is 12.1 Å². The third kappa shape index (κ3) is 2.12. The van der Waals surface area contributed by atoms with Gasteiger partial charge in [-0.3, -0.25) is 4.31 Å². The van der Waals surface area contributed by atoms with Gasteiger partial charge < -0.3 is 10.8 Å². The van der Waals surface area contributed by atoms with Crippen molar-refractivity contribution < 1.29 is 13.5 Å². The first-order valence-corrected chi connectivity index (χ1v) is 8.06. The van der Waals surface area contributed by atoms with Crippen LogP contribution in [0, 0.1) is 0 Å². The van der Waals surface area contributed by atoms with Gasteiger partial charge in [0.1, 0.15) is 5.75 Å². The lowest BCUT2D eigenvalue weighted by Crippen LogP contribution is -2.35. The van der Waals surface area contributed by atoms with Crippen LogP contribution in [0.15, 0.2) is 47.4 Å². The second kappa shape index (κ2) is 4.66. The van der Waals surface area contributed by atoms with Gasteiger partial charge in [-0.05, 0) is 43.2 Å². The molecule has 110 valence electrons. The standard InChI is InChI=1S/C15H16N2O3S/c1-10-8-11-4-2-3-5-14(11)17(10)21(19,20)12-6-7-15(18)13(16)9-12/h2-7,9-10,18H,8,16H2,1H3. The van der Waals surface area contributed by atoms with E-state index >= 15 is 0 Å². The molecule has 0 saturated heterocycles. The highest BCUT2D eigenvalue weighted by molar-refractivity contribution is 7.92. The van der Waals surface area contributed by atoms with E-state index in [1.807, 2.05) is 25.1 Å². The Kier molecular flexibility index (Phi) is 3.06. The van der Waals surface area contributed by atoms with E-state index in [-0.39, 0.29) is 22.4 Å². The summed E-state index contributed by atoms with van der Waals surface area (Å²) in [5, 5.41) is 9.45. The summed E-state index contributed by atoms with van der Waals surface area (Å²) in [6.45, 7) is 1.88. The fourth-order valence-corrected chi connectivity index (χ4v) is 4.44. The summed E-state index contributed by atoms with van der Waals surface area (Å²) in [4.78, 5) is 0.0846. The minimum Gasteiger partial charge on any atom is -0.506 e. The number of hydrogen-bond acceptors (Lipinski definition) is 4. The maximum absolute atomic E-state index is 12.9. The maximum atomic E-state index is 12.9. The van der Waals surface area contributed by atoms with Crippen LogP contribution in [0.2, 0.25) is 0 Å². The highest BCUT2D eigenvalue weighted by atomic mass is 32.2. The molecular formula is C15H16N2O3S. The topological polar surface area (TPSA) is 83.6 Å². The Labute approximate surface area is 123 Å². The van der Waals surface area contributed by atoms with E-state index in [9.17, 15) is 13.5 Å². The van der Waals surface area contributed by atoms with Gasteiger partial charge in [-0.15, -0.1) is 0 Å². The van der Waals surface area contributed by atoms with Gasteiger partial charge in [0.15, 0.2) is 0 Å². The Morgan fingerprint density at radius 3 is 2.67 bits per heavy atom. The number of nitrogens with zero attached hydrogens (tertiary/aromatic N) is 1. The predicted molar refractivity (Wildman–Crippen MR) is 81.8 cm³/mol. The average molecular weight is 304 g/mol. The number of nitrogen functional groups attached to an aromatic ring is 1. The number of nitrogens with two attached hydrogens (primary N) is 1. The average Bonchev–Trinajstić information content (AvgIpc) is 2.78. The lowest BCUT2D eigenvalue weighted by Gasteiger charge is -2.24. The highest BCUT2D eigenvalue weighted by Crippen LogP contribution is 2.37. The van der Waals surface area contributed by atoms with Crippen LogP contribution in [0.5, 0.6) is 5.75 Å². The minimum atomic E-state index is -3.70. The molecule has 0 aliphatic carbocycles. The van der Waals surface area contributed by atoms with Crippen LogP contribution in [-0.4, -0.2) is 19.6 Å². The molecule has 5 nitrogen and oxygen atoms in total. The molecule has 0 aromatic heterocycles. The van der Waals surface area contributed by atoms with Crippen molar-refractivity contribution in [3.8, 4) is 5.75 Å². The van der Waals surface area contributed by atoms with Gasteiger partial charge in [0.2, 0.25) is 0 Å². The molecule has 0 spiro atoms. The number of benzene rings is 2. The number of fused-ring (bicyclic) bond motifs is 1. The molecular weight excluding hydrogens is 288 g/mol. The molecule has 1 atom stereocenters. The van der Waals surface area contributed by atoms with Crippen molar-refractivity contribution in [2.24, 2.45) is 0 Å². The number of phenols is 1. The predicted octanol–water partition coefficient (Wildman–Crippen LogP) is 2.11. The molecule has 3 rings (SSSR count). The Morgan fingerprint density at radius 2 is 1.95 bits per heavy atom. The monoisotopic (exact) mass is 304 g/mol. The van der Waals surface area contributed by atoms with Crippen LogP contribution in [-0.2, 0) is 16.4 Å². The zero-order valence-electron chi connectivity index (χ0n) is 11.5. The van der Waals surface area contributed by atoms with Gasteiger partial charge in [-0.2, -0.15) is 0 Å². The first-order valence-electron chi connectivity index (χ1n) is 6.62. The number of rotatable bonds is 2. The second-order valence-corrected chi connectivity index (χ2v) is 7.02. The molecule has 1 heterocycles. The fourth-order valence-electron chi connectivity index (χ4n) is 2.71. The molecule has 1 aliphatic heterocycles. The van der Waals surface area contributed by atoms with Crippen LogP contribution in [0.25, 0.3) is 0 Å². The summed E-state index contributed by atoms with van der Waals surface area (Å²) in [5.74, 6) is -0.121. The van der Waals surface area contributed by atoms with Crippen molar-refractivity contribution in [3.05, 3.63) is 48.0 Å². The maximum Gasteiger partial charge on any atom is 0.264 e. The minimum absolute atomic E-state index is 0.0520. The van der Waals surface area contributed by atoms with Gasteiger partial charge in [-0.25, -0.2) is 8.42 Å². The van der Waals surface area contributed by atoms with E-state index < -0.39 is 10.0 Å². The van der Waals surface area contributed by atoms with Crippen LogP contribution in [0.3, 0.4) is 0 Å². The zero-order valence-corrected chi connectivity index (χ0v) is 12.3. The molecule has 0 bridgehead atoms. The van der Waals surface area contributed by atoms with Crippen molar-refractivity contribution in [2.45, 2.75) is 24.3 Å². The first kappa shape index (κ1) is 13.8. The Bertz CT molecular complexity index is 802. The third-order valence-electron chi connectivity index (χ3n) is 3.70. The molecule has 0 saturated carbocycles. The second-order valence-electron chi connectivity index (χ2n) is 5.20. The largest absolute Gasteiger partial charge is 0.506 e. The molecule has 2 aromatic carbocycles. The molecule has 1 aliphatic rings. The number of para-hydroxylation sites is 1. The molecule has 0 amide bonds. The van der Waals surface area contributed by atoms with E-state index in [1.165, 1.54) is 22.5 Å². The van der Waals surface area contributed by atoms with Gasteiger partial charge in [0.05, 0.1) is 16.3 Å². The van der Waals surface area contributed by atoms with Gasteiger partial charge >= 0.3 is 0 Å². The molecule has 6 heteroatoms. The number of phenolic OH excluding ortho intramolecular Hbond substituents is 1. The first-order chi connectivity index (χ1) is 9.91. The molecule has 1 unspecified atom stereocenters. The van der Waals surface area contributed by atoms with Crippen LogP contribution >= 0.6 is 0 Å². The number of sulfonamides is 1. The lowest BCUT2D eigenvalue weighted by molar-refractivity contribution is 0.477. The quantitative estimate of drug-likeness (QED) is 0.657. The van der Waals surface area contributed by atoms with E-state index in [1.54, 1.807) is 6.07 Å². The summed E-state index contributed by atoms with van der Waals surface area (Å²) in [6, 6.07) is 11.3. The fraction of sp³-hybridized carbons (Fsp3) is 0.200. The van der Waals surface area contributed by atoms with Crippen molar-refractivity contribution >= 4 is 21.4 Å².